The molecule has 5 atom stereocenters. The van der Waals surface area contributed by atoms with Gasteiger partial charge in [-0.3, -0.25) is 0 Å². The molecule has 1 aromatic carbocycles. The van der Waals surface area contributed by atoms with Crippen LogP contribution in [0.25, 0.3) is 0 Å². The Balaban J connectivity index is 2.08. The van der Waals surface area contributed by atoms with Crippen molar-refractivity contribution in [2.24, 2.45) is 0 Å². The van der Waals surface area contributed by atoms with Crippen molar-refractivity contribution in [3.63, 3.8) is 0 Å². The van der Waals surface area contributed by atoms with Crippen molar-refractivity contribution in [2.45, 2.75) is 42.6 Å². The highest BCUT2D eigenvalue weighted by Crippen LogP contribution is 2.59. The van der Waals surface area contributed by atoms with Crippen molar-refractivity contribution in [1.82, 2.24) is 5.32 Å². The average molecular weight is 349 g/mol. The number of aromatic hydroxyl groups is 1. The van der Waals surface area contributed by atoms with Gasteiger partial charge in [0.25, 0.3) is 0 Å². The summed E-state index contributed by atoms with van der Waals surface area (Å²) in [5, 5.41) is 45.9. The number of hydrogen-bond donors (Lipinski definition) is 5. The van der Waals surface area contributed by atoms with E-state index in [1.54, 1.807) is 12.1 Å². The van der Waals surface area contributed by atoms with Crippen LogP contribution >= 0.6 is 0 Å². The van der Waals surface area contributed by atoms with E-state index < -0.39 is 29.8 Å². The zero-order valence-corrected chi connectivity index (χ0v) is 14.2. The molecule has 1 fully saturated rings. The summed E-state index contributed by atoms with van der Waals surface area (Å²) in [6, 6.07) is 2.94. The van der Waals surface area contributed by atoms with Gasteiger partial charge in [0.05, 0.1) is 32.5 Å². The van der Waals surface area contributed by atoms with Crippen molar-refractivity contribution in [3.8, 4) is 11.5 Å². The second-order valence-electron chi connectivity index (χ2n) is 6.99. The number of piperidine rings is 1. The third-order valence-corrected chi connectivity index (χ3v) is 5.92. The van der Waals surface area contributed by atoms with E-state index >= 15 is 0 Å². The molecule has 25 heavy (non-hydrogen) atoms. The number of aliphatic hydroxyl groups is 3. The molecule has 136 valence electrons. The minimum atomic E-state index is -1.16. The van der Waals surface area contributed by atoms with Crippen LogP contribution < -0.4 is 10.1 Å². The van der Waals surface area contributed by atoms with E-state index in [2.05, 4.69) is 5.32 Å². The summed E-state index contributed by atoms with van der Waals surface area (Å²) in [6.07, 6.45) is -2.23. The molecule has 1 saturated heterocycles. The maximum absolute atomic E-state index is 10.9. The Labute approximate surface area is 145 Å². The molecule has 0 radical (unpaired) electrons. The van der Waals surface area contributed by atoms with Crippen LogP contribution in [0.4, 0.5) is 0 Å². The number of methoxy groups -OCH3 is 2. The lowest BCUT2D eigenvalue weighted by Gasteiger charge is -2.55. The Hall–Kier alpha value is -1.80. The first-order valence-electron chi connectivity index (χ1n) is 8.42. The normalized spacial score (nSPS) is 36.5. The fraction of sp³-hybridized carbons (Fsp3) is 0.556. The first kappa shape index (κ1) is 16.7. The van der Waals surface area contributed by atoms with Crippen molar-refractivity contribution in [1.29, 1.82) is 0 Å². The summed E-state index contributed by atoms with van der Waals surface area (Å²) in [7, 11) is 2.92. The number of aliphatic hydroxyl groups excluding tert-OH is 3. The van der Waals surface area contributed by atoms with E-state index in [1.807, 2.05) is 0 Å². The number of phenols is 1. The minimum absolute atomic E-state index is 0.0315. The Morgan fingerprint density at radius 3 is 2.56 bits per heavy atom. The topological polar surface area (TPSA) is 111 Å². The Bertz CT molecular complexity index is 747. The molecule has 1 heterocycles. The molecular formula is C18H23NO6. The standard InChI is InChI=1S/C18H23NO6/c1-24-10-4-3-8-11(16(10)23)18-5-6-19-13(14(8)21)12(18)17(25-2)15(22)9(20)7-18/h3-4,9,13-15,19-23H,5-7H2,1-2H3/t9-,13+,14-,15-,18-/m0/s1. The fourth-order valence-electron chi connectivity index (χ4n) is 4.92. The molecule has 2 bridgehead atoms. The molecular weight excluding hydrogens is 326 g/mol. The molecule has 0 amide bonds. The maximum atomic E-state index is 10.9. The van der Waals surface area contributed by atoms with Gasteiger partial charge in [0.15, 0.2) is 11.5 Å². The van der Waals surface area contributed by atoms with Gasteiger partial charge in [-0.25, -0.2) is 0 Å². The molecule has 0 aromatic heterocycles. The number of benzene rings is 1. The molecule has 7 heteroatoms. The summed E-state index contributed by atoms with van der Waals surface area (Å²) in [6.45, 7) is 0.612. The number of phenolic OH excluding ortho intramolecular Hbond substituents is 1. The quantitative estimate of drug-likeness (QED) is 0.514. The van der Waals surface area contributed by atoms with Crippen LogP contribution in [0, 0.1) is 0 Å². The van der Waals surface area contributed by atoms with Crippen LogP contribution in [0.3, 0.4) is 0 Å². The molecule has 0 unspecified atom stereocenters. The van der Waals surface area contributed by atoms with Gasteiger partial charge in [0.2, 0.25) is 0 Å². The zero-order valence-electron chi connectivity index (χ0n) is 14.2. The van der Waals surface area contributed by atoms with Gasteiger partial charge in [-0.05, 0) is 31.0 Å². The van der Waals surface area contributed by atoms with Gasteiger partial charge in [-0.1, -0.05) is 6.07 Å². The van der Waals surface area contributed by atoms with Crippen LogP contribution in [0.1, 0.15) is 30.1 Å². The van der Waals surface area contributed by atoms with Crippen molar-refractivity contribution in [2.75, 3.05) is 20.8 Å². The predicted molar refractivity (Wildman–Crippen MR) is 88.4 cm³/mol. The third kappa shape index (κ3) is 2.01. The van der Waals surface area contributed by atoms with E-state index in [4.69, 9.17) is 9.47 Å². The molecule has 0 spiro atoms. The van der Waals surface area contributed by atoms with Crippen molar-refractivity contribution < 1.29 is 29.9 Å². The van der Waals surface area contributed by atoms with Crippen LogP contribution in [-0.4, -0.2) is 59.4 Å². The summed E-state index contributed by atoms with van der Waals surface area (Å²) < 4.78 is 10.7. The summed E-state index contributed by atoms with van der Waals surface area (Å²) >= 11 is 0. The monoisotopic (exact) mass is 349 g/mol. The van der Waals surface area contributed by atoms with E-state index in [-0.39, 0.29) is 17.9 Å². The second-order valence-corrected chi connectivity index (χ2v) is 6.99. The zero-order chi connectivity index (χ0) is 17.9. The van der Waals surface area contributed by atoms with Gasteiger partial charge in [-0.15, -0.1) is 0 Å². The van der Waals surface area contributed by atoms with Crippen LogP contribution in [0.15, 0.2) is 23.5 Å². The van der Waals surface area contributed by atoms with E-state index in [1.165, 1.54) is 14.2 Å². The third-order valence-electron chi connectivity index (χ3n) is 5.92. The number of nitrogens with one attached hydrogen (secondary N) is 1. The van der Waals surface area contributed by atoms with Gasteiger partial charge in [0, 0.05) is 16.6 Å². The van der Waals surface area contributed by atoms with E-state index in [0.29, 0.717) is 35.4 Å². The fourth-order valence-corrected chi connectivity index (χ4v) is 4.92. The summed E-state index contributed by atoms with van der Waals surface area (Å²) in [4.78, 5) is 0. The van der Waals surface area contributed by atoms with Gasteiger partial charge >= 0.3 is 0 Å². The number of hydrogen-bond acceptors (Lipinski definition) is 7. The Kier molecular flexibility index (Phi) is 3.73. The second kappa shape index (κ2) is 5.60. The SMILES string of the molecule is COC1=C2[C@H]3NCC[C@]2(C[C@H](O)[C@@H]1O)c1c(ccc(OC)c1O)[C@@H]3O. The lowest BCUT2D eigenvalue weighted by atomic mass is 9.55. The van der Waals surface area contributed by atoms with Gasteiger partial charge < -0.3 is 35.2 Å². The smallest absolute Gasteiger partial charge is 0.162 e. The average Bonchev–Trinajstić information content (AvgIpc) is 2.60. The summed E-state index contributed by atoms with van der Waals surface area (Å²) in [5.74, 6) is 0.551. The first-order valence-corrected chi connectivity index (χ1v) is 8.42. The van der Waals surface area contributed by atoms with Crippen molar-refractivity contribution >= 4 is 0 Å². The number of fused-ring (bicyclic) bond motifs is 1. The summed E-state index contributed by atoms with van der Waals surface area (Å²) in [5.41, 5.74) is 1.17. The highest BCUT2D eigenvalue weighted by atomic mass is 16.5. The molecule has 7 nitrogen and oxygen atoms in total. The predicted octanol–water partition coefficient (Wildman–Crippen LogP) is 0.0735. The molecule has 4 rings (SSSR count). The maximum Gasteiger partial charge on any atom is 0.162 e. The molecule has 2 aliphatic carbocycles. The Morgan fingerprint density at radius 2 is 1.88 bits per heavy atom. The highest BCUT2D eigenvalue weighted by molar-refractivity contribution is 5.63. The largest absolute Gasteiger partial charge is 0.504 e. The van der Waals surface area contributed by atoms with E-state index in [0.717, 1.165) is 0 Å². The molecule has 1 aromatic rings. The first-order chi connectivity index (χ1) is 12.0. The molecule has 1 aliphatic heterocycles. The number of ether oxygens (including phenoxy) is 2. The lowest BCUT2D eigenvalue weighted by Crippen LogP contribution is -2.60. The van der Waals surface area contributed by atoms with Crippen LogP contribution in [-0.2, 0) is 10.2 Å². The van der Waals surface area contributed by atoms with Crippen molar-refractivity contribution in [3.05, 3.63) is 34.6 Å². The van der Waals surface area contributed by atoms with Crippen LogP contribution in [0.2, 0.25) is 0 Å². The number of rotatable bonds is 2. The molecule has 0 saturated carbocycles. The van der Waals surface area contributed by atoms with Gasteiger partial charge in [0.1, 0.15) is 11.9 Å². The highest BCUT2D eigenvalue weighted by Gasteiger charge is 2.58. The minimum Gasteiger partial charge on any atom is -0.504 e. The molecule has 5 N–H and O–H groups in total. The Morgan fingerprint density at radius 1 is 1.12 bits per heavy atom. The van der Waals surface area contributed by atoms with E-state index in [9.17, 15) is 20.4 Å². The molecule has 3 aliphatic rings. The lowest BCUT2D eigenvalue weighted by molar-refractivity contribution is -0.0330. The van der Waals surface area contributed by atoms with Crippen LogP contribution in [0.5, 0.6) is 11.5 Å². The van der Waals surface area contributed by atoms with Gasteiger partial charge in [-0.2, -0.15) is 0 Å².